The summed E-state index contributed by atoms with van der Waals surface area (Å²) in [4.78, 5) is 10.7. The lowest BCUT2D eigenvalue weighted by molar-refractivity contribution is 0.112. The maximum Gasteiger partial charge on any atom is 0.154 e. The lowest BCUT2D eigenvalue weighted by atomic mass is 10.0. The molecule has 0 aromatic heterocycles. The van der Waals surface area contributed by atoms with Crippen molar-refractivity contribution in [2.75, 3.05) is 7.11 Å². The number of phenolic OH excluding ortho intramolecular Hbond substituents is 1. The van der Waals surface area contributed by atoms with Crippen LogP contribution in [-0.2, 0) is 0 Å². The maximum atomic E-state index is 10.7. The highest BCUT2D eigenvalue weighted by Gasteiger charge is 2.12. The van der Waals surface area contributed by atoms with Crippen LogP contribution < -0.4 is 4.74 Å². The van der Waals surface area contributed by atoms with Crippen LogP contribution in [0.3, 0.4) is 0 Å². The van der Waals surface area contributed by atoms with E-state index in [1.54, 1.807) is 19.9 Å². The molecule has 0 unspecified atom stereocenters. The van der Waals surface area contributed by atoms with E-state index in [0.717, 1.165) is 11.8 Å². The number of aldehydes is 1. The van der Waals surface area contributed by atoms with Gasteiger partial charge in [0.25, 0.3) is 0 Å². The van der Waals surface area contributed by atoms with E-state index in [1.165, 1.54) is 7.11 Å². The molecule has 3 nitrogen and oxygen atoms in total. The highest BCUT2D eigenvalue weighted by Crippen LogP contribution is 2.32. The van der Waals surface area contributed by atoms with Gasteiger partial charge in [0, 0.05) is 5.56 Å². The first-order chi connectivity index (χ1) is 6.11. The molecule has 0 fully saturated rings. The van der Waals surface area contributed by atoms with Crippen LogP contribution >= 0.6 is 0 Å². The number of phenols is 1. The summed E-state index contributed by atoms with van der Waals surface area (Å²) in [6, 6.07) is 1.56. The second-order valence-electron chi connectivity index (χ2n) is 2.90. The summed E-state index contributed by atoms with van der Waals surface area (Å²) in [7, 11) is 1.48. The number of rotatable bonds is 2. The first-order valence-electron chi connectivity index (χ1n) is 3.94. The van der Waals surface area contributed by atoms with E-state index in [4.69, 9.17) is 4.74 Å². The van der Waals surface area contributed by atoms with Crippen LogP contribution in [-0.4, -0.2) is 18.5 Å². The van der Waals surface area contributed by atoms with E-state index in [2.05, 4.69) is 0 Å². The normalized spacial score (nSPS) is 9.77. The van der Waals surface area contributed by atoms with Gasteiger partial charge < -0.3 is 9.84 Å². The number of ether oxygens (including phenoxy) is 1. The number of carbonyl (C=O) groups is 1. The predicted octanol–water partition coefficient (Wildman–Crippen LogP) is 1.83. The number of hydrogen-bond acceptors (Lipinski definition) is 3. The van der Waals surface area contributed by atoms with E-state index in [9.17, 15) is 9.90 Å². The molecule has 1 aromatic carbocycles. The molecule has 0 bridgehead atoms. The molecule has 1 aromatic rings. The Labute approximate surface area is 77.0 Å². The number of hydrogen-bond donors (Lipinski definition) is 1. The summed E-state index contributed by atoms with van der Waals surface area (Å²) in [6.07, 6.45) is 0.737. The molecule has 0 aliphatic heterocycles. The largest absolute Gasteiger partial charge is 0.508 e. The van der Waals surface area contributed by atoms with Gasteiger partial charge in [-0.05, 0) is 25.5 Å². The van der Waals surface area contributed by atoms with Crippen molar-refractivity contribution in [3.05, 3.63) is 22.8 Å². The zero-order valence-electron chi connectivity index (χ0n) is 7.92. The van der Waals surface area contributed by atoms with Crippen molar-refractivity contribution in [2.45, 2.75) is 13.8 Å². The van der Waals surface area contributed by atoms with Gasteiger partial charge >= 0.3 is 0 Å². The van der Waals surface area contributed by atoms with Crippen LogP contribution in [0.5, 0.6) is 11.5 Å². The van der Waals surface area contributed by atoms with Crippen LogP contribution in [0.1, 0.15) is 21.5 Å². The Morgan fingerprint density at radius 1 is 1.46 bits per heavy atom. The van der Waals surface area contributed by atoms with Crippen LogP contribution in [0, 0.1) is 13.8 Å². The Hall–Kier alpha value is -1.51. The highest BCUT2D eigenvalue weighted by molar-refractivity contribution is 5.83. The van der Waals surface area contributed by atoms with Gasteiger partial charge in [-0.25, -0.2) is 0 Å². The molecule has 1 rings (SSSR count). The lowest BCUT2D eigenvalue weighted by Gasteiger charge is -2.11. The number of aryl methyl sites for hydroxylation is 1. The summed E-state index contributed by atoms with van der Waals surface area (Å²) >= 11 is 0. The fraction of sp³-hybridized carbons (Fsp3) is 0.300. The minimum atomic E-state index is 0.153. The molecular formula is C10H12O3. The number of aromatic hydroxyl groups is 1. The van der Waals surface area contributed by atoms with Crippen molar-refractivity contribution in [3.63, 3.8) is 0 Å². The molecule has 3 heteroatoms. The van der Waals surface area contributed by atoms with Crippen LogP contribution in [0.2, 0.25) is 0 Å². The Morgan fingerprint density at radius 3 is 2.54 bits per heavy atom. The summed E-state index contributed by atoms with van der Waals surface area (Å²) in [5, 5.41) is 9.44. The van der Waals surface area contributed by atoms with Gasteiger partial charge in [0.15, 0.2) is 6.29 Å². The molecule has 0 saturated heterocycles. The monoisotopic (exact) mass is 180 g/mol. The lowest BCUT2D eigenvalue weighted by Crippen LogP contribution is -1.96. The van der Waals surface area contributed by atoms with E-state index in [0.29, 0.717) is 16.9 Å². The fourth-order valence-corrected chi connectivity index (χ4v) is 1.30. The summed E-state index contributed by atoms with van der Waals surface area (Å²) in [5.74, 6) is 0.604. The van der Waals surface area contributed by atoms with Gasteiger partial charge in [-0.1, -0.05) is 0 Å². The van der Waals surface area contributed by atoms with Gasteiger partial charge in [-0.2, -0.15) is 0 Å². The zero-order valence-corrected chi connectivity index (χ0v) is 7.92. The highest BCUT2D eigenvalue weighted by atomic mass is 16.5. The predicted molar refractivity (Wildman–Crippen MR) is 49.5 cm³/mol. The van der Waals surface area contributed by atoms with Gasteiger partial charge in [0.05, 0.1) is 12.7 Å². The topological polar surface area (TPSA) is 46.5 Å². The van der Waals surface area contributed by atoms with Crippen LogP contribution in [0.25, 0.3) is 0 Å². The second-order valence-corrected chi connectivity index (χ2v) is 2.90. The average Bonchev–Trinajstić information content (AvgIpc) is 2.10. The average molecular weight is 180 g/mol. The summed E-state index contributed by atoms with van der Waals surface area (Å²) in [6.45, 7) is 3.46. The van der Waals surface area contributed by atoms with E-state index < -0.39 is 0 Å². The molecule has 0 atom stereocenters. The number of carbonyl (C=O) groups excluding carboxylic acids is 1. The third-order valence-corrected chi connectivity index (χ3v) is 2.07. The van der Waals surface area contributed by atoms with E-state index >= 15 is 0 Å². The van der Waals surface area contributed by atoms with Gasteiger partial charge in [-0.15, -0.1) is 0 Å². The van der Waals surface area contributed by atoms with Crippen molar-refractivity contribution in [1.29, 1.82) is 0 Å². The van der Waals surface area contributed by atoms with Crippen molar-refractivity contribution in [3.8, 4) is 11.5 Å². The Morgan fingerprint density at radius 2 is 2.08 bits per heavy atom. The summed E-state index contributed by atoms with van der Waals surface area (Å²) < 4.78 is 5.04. The van der Waals surface area contributed by atoms with Crippen molar-refractivity contribution in [2.24, 2.45) is 0 Å². The van der Waals surface area contributed by atoms with Crippen LogP contribution in [0.15, 0.2) is 6.07 Å². The van der Waals surface area contributed by atoms with Crippen LogP contribution in [0.4, 0.5) is 0 Å². The Kier molecular flexibility index (Phi) is 2.56. The third-order valence-electron chi connectivity index (χ3n) is 2.07. The molecule has 0 saturated carbocycles. The molecular weight excluding hydrogens is 168 g/mol. The van der Waals surface area contributed by atoms with E-state index in [1.807, 2.05) is 0 Å². The Bertz CT molecular complexity index is 343. The molecule has 0 aliphatic rings. The molecule has 0 aliphatic carbocycles. The van der Waals surface area contributed by atoms with Gasteiger partial charge in [0.2, 0.25) is 0 Å². The molecule has 0 radical (unpaired) electrons. The zero-order chi connectivity index (χ0) is 10.0. The molecule has 70 valence electrons. The smallest absolute Gasteiger partial charge is 0.154 e. The van der Waals surface area contributed by atoms with Gasteiger partial charge in [-0.3, -0.25) is 4.79 Å². The quantitative estimate of drug-likeness (QED) is 0.706. The third kappa shape index (κ3) is 1.49. The molecule has 0 spiro atoms. The number of benzene rings is 1. The van der Waals surface area contributed by atoms with Crippen molar-refractivity contribution < 1.29 is 14.6 Å². The first-order valence-corrected chi connectivity index (χ1v) is 3.94. The second kappa shape index (κ2) is 3.47. The van der Waals surface area contributed by atoms with Gasteiger partial charge in [0.1, 0.15) is 11.5 Å². The Balaban J connectivity index is 3.50. The number of methoxy groups -OCH3 is 1. The minimum absolute atomic E-state index is 0.153. The molecule has 0 amide bonds. The SMILES string of the molecule is COc1c(C)c(O)cc(C)c1C=O. The van der Waals surface area contributed by atoms with E-state index in [-0.39, 0.29) is 5.75 Å². The van der Waals surface area contributed by atoms with Crippen molar-refractivity contribution >= 4 is 6.29 Å². The fourth-order valence-electron chi connectivity index (χ4n) is 1.30. The molecule has 1 N–H and O–H groups in total. The minimum Gasteiger partial charge on any atom is -0.508 e. The standard InChI is InChI=1S/C10H12O3/c1-6-4-9(12)7(2)10(13-3)8(6)5-11/h4-5,12H,1-3H3. The maximum absolute atomic E-state index is 10.7. The molecule has 13 heavy (non-hydrogen) atoms. The molecule has 0 heterocycles. The first kappa shape index (κ1) is 9.58. The van der Waals surface area contributed by atoms with Crippen molar-refractivity contribution in [1.82, 2.24) is 0 Å². The summed E-state index contributed by atoms with van der Waals surface area (Å²) in [5.41, 5.74) is 1.81.